The molecule has 0 fully saturated rings. The second kappa shape index (κ2) is 4.37. The first kappa shape index (κ1) is 10.5. The Balaban J connectivity index is 3.90. The molecular weight excluding hydrogens is 138 g/mol. The minimum atomic E-state index is 0.233. The highest BCUT2D eigenvalue weighted by molar-refractivity contribution is 5.84. The smallest absolute Gasteiger partial charge is 0.0575 e. The lowest BCUT2D eigenvalue weighted by molar-refractivity contribution is 0.310. The highest BCUT2D eigenvalue weighted by Crippen LogP contribution is 2.20. The van der Waals surface area contributed by atoms with Gasteiger partial charge in [0.15, 0.2) is 0 Å². The summed E-state index contributed by atoms with van der Waals surface area (Å²) in [7, 11) is 0. The molecule has 0 spiro atoms. The Hall–Kier alpha value is -0.530. The molecule has 0 heterocycles. The fourth-order valence-electron chi connectivity index (χ4n) is 1.07. The summed E-state index contributed by atoms with van der Waals surface area (Å²) in [6.07, 6.45) is 2.85. The monoisotopic (exact) mass is 157 g/mol. The van der Waals surface area contributed by atoms with Crippen LogP contribution in [-0.2, 0) is 0 Å². The van der Waals surface area contributed by atoms with E-state index in [0.717, 1.165) is 25.0 Å². The van der Waals surface area contributed by atoms with E-state index in [1.54, 1.807) is 0 Å². The van der Waals surface area contributed by atoms with E-state index < -0.39 is 0 Å². The summed E-state index contributed by atoms with van der Waals surface area (Å²) in [4.78, 5) is 0. The lowest BCUT2D eigenvalue weighted by Crippen LogP contribution is -2.12. The summed E-state index contributed by atoms with van der Waals surface area (Å²) in [6.45, 7) is 8.53. The normalized spacial score (nSPS) is 13.6. The Morgan fingerprint density at radius 3 is 2.18 bits per heavy atom. The van der Waals surface area contributed by atoms with E-state index in [9.17, 15) is 0 Å². The van der Waals surface area contributed by atoms with Crippen molar-refractivity contribution in [1.82, 2.24) is 0 Å². The highest BCUT2D eigenvalue weighted by Gasteiger charge is 2.13. The van der Waals surface area contributed by atoms with Crippen LogP contribution < -0.4 is 0 Å². The molecule has 0 bridgehead atoms. The van der Waals surface area contributed by atoms with E-state index in [1.807, 2.05) is 0 Å². The van der Waals surface area contributed by atoms with Crippen molar-refractivity contribution in [3.05, 3.63) is 0 Å². The lowest BCUT2D eigenvalue weighted by atomic mass is 9.88. The molecule has 2 heteroatoms. The van der Waals surface area contributed by atoms with E-state index >= 15 is 0 Å². The van der Waals surface area contributed by atoms with E-state index in [0.29, 0.717) is 0 Å². The summed E-state index contributed by atoms with van der Waals surface area (Å²) in [5, 5.41) is 11.9. The topological polar surface area (TPSA) is 32.6 Å². The zero-order chi connectivity index (χ0) is 8.91. The van der Waals surface area contributed by atoms with E-state index in [1.165, 1.54) is 0 Å². The first-order valence-electron chi connectivity index (χ1n) is 4.19. The number of rotatable bonds is 3. The van der Waals surface area contributed by atoms with Crippen molar-refractivity contribution >= 4 is 5.71 Å². The van der Waals surface area contributed by atoms with Gasteiger partial charge >= 0.3 is 0 Å². The van der Waals surface area contributed by atoms with Gasteiger partial charge in [-0.05, 0) is 18.3 Å². The molecular formula is C9H19NO. The molecule has 11 heavy (non-hydrogen) atoms. The van der Waals surface area contributed by atoms with Gasteiger partial charge in [-0.2, -0.15) is 0 Å². The van der Waals surface area contributed by atoms with Crippen molar-refractivity contribution < 1.29 is 5.21 Å². The van der Waals surface area contributed by atoms with Crippen LogP contribution in [0.5, 0.6) is 0 Å². The molecule has 0 aliphatic heterocycles. The van der Waals surface area contributed by atoms with Crippen LogP contribution in [0.25, 0.3) is 0 Å². The molecule has 0 amide bonds. The summed E-state index contributed by atoms with van der Waals surface area (Å²) < 4.78 is 0. The predicted octanol–water partition coefficient (Wildman–Crippen LogP) is 3.05. The quantitative estimate of drug-likeness (QED) is 0.381. The largest absolute Gasteiger partial charge is 0.411 e. The van der Waals surface area contributed by atoms with Crippen LogP contribution in [0, 0.1) is 5.41 Å². The maximum atomic E-state index is 8.61. The molecule has 66 valence electrons. The van der Waals surface area contributed by atoms with Gasteiger partial charge in [-0.25, -0.2) is 0 Å². The Kier molecular flexibility index (Phi) is 4.16. The Morgan fingerprint density at radius 1 is 1.36 bits per heavy atom. The zero-order valence-electron chi connectivity index (χ0n) is 8.02. The third kappa shape index (κ3) is 5.89. The van der Waals surface area contributed by atoms with Crippen molar-refractivity contribution in [2.75, 3.05) is 0 Å². The van der Waals surface area contributed by atoms with Gasteiger partial charge in [0, 0.05) is 0 Å². The molecule has 2 nitrogen and oxygen atoms in total. The van der Waals surface area contributed by atoms with Crippen molar-refractivity contribution in [2.24, 2.45) is 10.6 Å². The average molecular weight is 157 g/mol. The van der Waals surface area contributed by atoms with Gasteiger partial charge in [0.25, 0.3) is 0 Å². The molecule has 0 rings (SSSR count). The van der Waals surface area contributed by atoms with Crippen LogP contribution in [0.3, 0.4) is 0 Å². The first-order valence-corrected chi connectivity index (χ1v) is 4.19. The predicted molar refractivity (Wildman–Crippen MR) is 48.2 cm³/mol. The minimum absolute atomic E-state index is 0.233. The Bertz CT molecular complexity index is 133. The van der Waals surface area contributed by atoms with Crippen LogP contribution >= 0.6 is 0 Å². The fraction of sp³-hybridized carbons (Fsp3) is 0.889. The maximum absolute atomic E-state index is 8.61. The second-order valence-electron chi connectivity index (χ2n) is 4.15. The molecule has 0 aromatic carbocycles. The summed E-state index contributed by atoms with van der Waals surface area (Å²) >= 11 is 0. The van der Waals surface area contributed by atoms with E-state index in [-0.39, 0.29) is 5.41 Å². The van der Waals surface area contributed by atoms with Crippen LogP contribution in [0.1, 0.15) is 47.0 Å². The van der Waals surface area contributed by atoms with Crippen LogP contribution in [0.2, 0.25) is 0 Å². The molecule has 0 atom stereocenters. The number of oxime groups is 1. The average Bonchev–Trinajstić information content (AvgIpc) is 1.84. The van der Waals surface area contributed by atoms with Gasteiger partial charge in [-0.3, -0.25) is 0 Å². The van der Waals surface area contributed by atoms with Gasteiger partial charge in [0.1, 0.15) is 0 Å². The van der Waals surface area contributed by atoms with Crippen molar-refractivity contribution in [1.29, 1.82) is 0 Å². The molecule has 0 aromatic heterocycles. The van der Waals surface area contributed by atoms with E-state index in [2.05, 4.69) is 32.9 Å². The van der Waals surface area contributed by atoms with Crippen molar-refractivity contribution in [2.45, 2.75) is 47.0 Å². The van der Waals surface area contributed by atoms with Crippen molar-refractivity contribution in [3.63, 3.8) is 0 Å². The van der Waals surface area contributed by atoms with Crippen LogP contribution in [-0.4, -0.2) is 10.9 Å². The zero-order valence-corrected chi connectivity index (χ0v) is 8.02. The molecule has 0 saturated heterocycles. The molecule has 1 N–H and O–H groups in total. The minimum Gasteiger partial charge on any atom is -0.411 e. The number of hydrogen-bond donors (Lipinski definition) is 1. The lowest BCUT2D eigenvalue weighted by Gasteiger charge is -2.17. The summed E-state index contributed by atoms with van der Waals surface area (Å²) in [5.41, 5.74) is 1.15. The SMILES string of the molecule is CCCC(CC(C)(C)C)=NO. The fourth-order valence-corrected chi connectivity index (χ4v) is 1.07. The number of hydrogen-bond acceptors (Lipinski definition) is 2. The molecule has 0 aliphatic carbocycles. The summed E-state index contributed by atoms with van der Waals surface area (Å²) in [6, 6.07) is 0. The van der Waals surface area contributed by atoms with E-state index in [4.69, 9.17) is 5.21 Å². The standard InChI is InChI=1S/C9H19NO/c1-5-6-8(10-11)7-9(2,3)4/h11H,5-7H2,1-4H3. The van der Waals surface area contributed by atoms with Crippen LogP contribution in [0.15, 0.2) is 5.16 Å². The molecule has 0 aliphatic rings. The third-order valence-corrected chi connectivity index (χ3v) is 1.41. The molecule has 0 aromatic rings. The van der Waals surface area contributed by atoms with Gasteiger partial charge in [0.2, 0.25) is 0 Å². The highest BCUT2D eigenvalue weighted by atomic mass is 16.4. The molecule has 0 radical (unpaired) electrons. The number of nitrogens with zero attached hydrogens (tertiary/aromatic N) is 1. The van der Waals surface area contributed by atoms with Gasteiger partial charge in [0.05, 0.1) is 5.71 Å². The van der Waals surface area contributed by atoms with Crippen molar-refractivity contribution in [3.8, 4) is 0 Å². The van der Waals surface area contributed by atoms with Gasteiger partial charge in [-0.15, -0.1) is 0 Å². The first-order chi connectivity index (χ1) is 4.99. The van der Waals surface area contributed by atoms with Gasteiger partial charge in [-0.1, -0.05) is 39.3 Å². The Labute approximate surface area is 69.3 Å². The Morgan fingerprint density at radius 2 is 1.91 bits per heavy atom. The molecule has 0 saturated carbocycles. The molecule has 0 unspecified atom stereocenters. The third-order valence-electron chi connectivity index (χ3n) is 1.41. The second-order valence-corrected chi connectivity index (χ2v) is 4.15. The van der Waals surface area contributed by atoms with Crippen LogP contribution in [0.4, 0.5) is 0 Å². The maximum Gasteiger partial charge on any atom is 0.0575 e. The van der Waals surface area contributed by atoms with Gasteiger partial charge < -0.3 is 5.21 Å². The summed E-state index contributed by atoms with van der Waals surface area (Å²) in [5.74, 6) is 0.